The molecule has 2 aliphatic rings. The van der Waals surface area contributed by atoms with Gasteiger partial charge in [-0.05, 0) is 18.9 Å². The molecule has 1 fully saturated rings. The maximum atomic E-state index is 10.6. The van der Waals surface area contributed by atoms with Gasteiger partial charge in [0.05, 0.1) is 0 Å². The molecule has 60 valence electrons. The van der Waals surface area contributed by atoms with E-state index in [0.29, 0.717) is 18.0 Å². The molecule has 1 N–H and O–H groups in total. The van der Waals surface area contributed by atoms with E-state index in [1.165, 1.54) is 0 Å². The van der Waals surface area contributed by atoms with Crippen LogP contribution < -0.4 is 0 Å². The first kappa shape index (κ1) is 6.85. The van der Waals surface area contributed by atoms with E-state index in [1.54, 1.807) is 0 Å². The van der Waals surface area contributed by atoms with E-state index >= 15 is 0 Å². The van der Waals surface area contributed by atoms with E-state index in [4.69, 9.17) is 5.11 Å². The molecule has 2 bridgehead atoms. The Bertz CT molecular complexity index is 222. The topological polar surface area (TPSA) is 40.5 Å². The molecule has 1 unspecified atom stereocenters. The zero-order valence-electron chi connectivity index (χ0n) is 6.29. The molecular formula is C8H11NO2. The number of hydrogen-bond acceptors (Lipinski definition) is 2. The average Bonchev–Trinajstić information content (AvgIpc) is 2.30. The Morgan fingerprint density at radius 3 is 3.18 bits per heavy atom. The number of nitrogens with zero attached hydrogens (tertiary/aromatic N) is 1. The molecule has 2 rings (SSSR count). The highest BCUT2D eigenvalue weighted by Gasteiger charge is 2.28. The third kappa shape index (κ3) is 1.16. The zero-order chi connectivity index (χ0) is 7.84. The Balaban J connectivity index is 2.19. The second-order valence-corrected chi connectivity index (χ2v) is 3.28. The molecule has 3 heteroatoms. The van der Waals surface area contributed by atoms with Gasteiger partial charge in [-0.2, -0.15) is 0 Å². The lowest BCUT2D eigenvalue weighted by atomic mass is 10.0. The van der Waals surface area contributed by atoms with Crippen LogP contribution in [-0.4, -0.2) is 35.6 Å². The third-order valence-corrected chi connectivity index (χ3v) is 2.41. The highest BCUT2D eigenvalue weighted by Crippen LogP contribution is 2.24. The van der Waals surface area contributed by atoms with Gasteiger partial charge in [-0.15, -0.1) is 0 Å². The average molecular weight is 153 g/mol. The smallest absolute Gasteiger partial charge is 0.332 e. The summed E-state index contributed by atoms with van der Waals surface area (Å²) < 4.78 is 0. The van der Waals surface area contributed by atoms with Gasteiger partial charge in [0, 0.05) is 18.7 Å². The minimum Gasteiger partial charge on any atom is -0.478 e. The van der Waals surface area contributed by atoms with Crippen LogP contribution in [-0.2, 0) is 4.79 Å². The van der Waals surface area contributed by atoms with Crippen molar-refractivity contribution in [2.75, 3.05) is 19.6 Å². The van der Waals surface area contributed by atoms with Crippen molar-refractivity contribution in [1.82, 2.24) is 4.90 Å². The first-order valence-corrected chi connectivity index (χ1v) is 3.92. The molecular weight excluding hydrogens is 142 g/mol. The van der Waals surface area contributed by atoms with Gasteiger partial charge in [0.15, 0.2) is 0 Å². The van der Waals surface area contributed by atoms with E-state index in [9.17, 15) is 4.79 Å². The van der Waals surface area contributed by atoms with Crippen LogP contribution in [0.4, 0.5) is 0 Å². The molecule has 3 nitrogen and oxygen atoms in total. The van der Waals surface area contributed by atoms with Gasteiger partial charge in [0.2, 0.25) is 0 Å². The fourth-order valence-electron chi connectivity index (χ4n) is 1.86. The lowest BCUT2D eigenvalue weighted by Gasteiger charge is -2.19. The van der Waals surface area contributed by atoms with Crippen LogP contribution in [0.1, 0.15) is 6.42 Å². The van der Waals surface area contributed by atoms with Crippen LogP contribution >= 0.6 is 0 Å². The Labute approximate surface area is 65.3 Å². The van der Waals surface area contributed by atoms with Crippen molar-refractivity contribution in [1.29, 1.82) is 0 Å². The first-order valence-electron chi connectivity index (χ1n) is 3.92. The molecule has 1 saturated heterocycles. The summed E-state index contributed by atoms with van der Waals surface area (Å²) in [7, 11) is 0. The number of hydrogen-bond donors (Lipinski definition) is 1. The van der Waals surface area contributed by atoms with Gasteiger partial charge in [-0.1, -0.05) is 6.08 Å². The minimum absolute atomic E-state index is 0.509. The molecule has 11 heavy (non-hydrogen) atoms. The maximum absolute atomic E-state index is 10.6. The Morgan fingerprint density at radius 1 is 1.73 bits per heavy atom. The van der Waals surface area contributed by atoms with Gasteiger partial charge in [0.25, 0.3) is 0 Å². The summed E-state index contributed by atoms with van der Waals surface area (Å²) in [5, 5.41) is 8.71. The molecule has 2 heterocycles. The highest BCUT2D eigenvalue weighted by atomic mass is 16.4. The molecule has 0 aromatic rings. The van der Waals surface area contributed by atoms with Gasteiger partial charge in [0.1, 0.15) is 0 Å². The first-order chi connectivity index (χ1) is 5.25. The molecule has 0 amide bonds. The van der Waals surface area contributed by atoms with Crippen LogP contribution in [0.2, 0.25) is 0 Å². The summed E-state index contributed by atoms with van der Waals surface area (Å²) in [5.74, 6) is -0.239. The summed E-state index contributed by atoms with van der Waals surface area (Å²) in [6.45, 7) is 2.78. The van der Waals surface area contributed by atoms with Crippen molar-refractivity contribution in [2.24, 2.45) is 5.92 Å². The fourth-order valence-corrected chi connectivity index (χ4v) is 1.86. The SMILES string of the molecule is O=C(O)C1=C[C@@H]2CCN(C1)C2. The molecule has 0 aliphatic carbocycles. The van der Waals surface area contributed by atoms with Gasteiger partial charge < -0.3 is 5.11 Å². The summed E-state index contributed by atoms with van der Waals surface area (Å²) in [5.41, 5.74) is 0.582. The van der Waals surface area contributed by atoms with Gasteiger partial charge in [-0.3, -0.25) is 4.90 Å². The number of carboxylic acid groups (broad SMARTS) is 1. The van der Waals surface area contributed by atoms with Crippen molar-refractivity contribution < 1.29 is 9.90 Å². The van der Waals surface area contributed by atoms with E-state index in [0.717, 1.165) is 19.5 Å². The standard InChI is InChI=1S/C8H11NO2/c10-8(11)7-3-6-1-2-9(4-6)5-7/h3,6H,1-2,4-5H2,(H,10,11)/t6-/m0/s1. The predicted octanol–water partition coefficient (Wildman–Crippen LogP) is 0.333. The van der Waals surface area contributed by atoms with Crippen LogP contribution in [0, 0.1) is 5.92 Å². The van der Waals surface area contributed by atoms with Crippen LogP contribution in [0.15, 0.2) is 11.6 Å². The largest absolute Gasteiger partial charge is 0.478 e. The predicted molar refractivity (Wildman–Crippen MR) is 40.3 cm³/mol. The van der Waals surface area contributed by atoms with Gasteiger partial charge in [-0.25, -0.2) is 4.79 Å². The quantitative estimate of drug-likeness (QED) is 0.590. The van der Waals surface area contributed by atoms with Crippen molar-refractivity contribution in [3.05, 3.63) is 11.6 Å². The Hall–Kier alpha value is -0.830. The molecule has 0 aromatic carbocycles. The number of carbonyl (C=O) groups is 1. The van der Waals surface area contributed by atoms with Crippen molar-refractivity contribution in [2.45, 2.75) is 6.42 Å². The normalized spacial score (nSPS) is 35.1. The molecule has 0 aromatic heterocycles. The van der Waals surface area contributed by atoms with E-state index in [2.05, 4.69) is 4.90 Å². The van der Waals surface area contributed by atoms with Crippen molar-refractivity contribution in [3.63, 3.8) is 0 Å². The van der Waals surface area contributed by atoms with E-state index in [-0.39, 0.29) is 0 Å². The van der Waals surface area contributed by atoms with E-state index in [1.807, 2.05) is 6.08 Å². The molecule has 0 spiro atoms. The maximum Gasteiger partial charge on any atom is 0.332 e. The molecule has 2 aliphatic heterocycles. The molecule has 0 saturated carbocycles. The zero-order valence-corrected chi connectivity index (χ0v) is 6.29. The number of carboxylic acids is 1. The fraction of sp³-hybridized carbons (Fsp3) is 0.625. The van der Waals surface area contributed by atoms with Crippen molar-refractivity contribution >= 4 is 5.97 Å². The summed E-state index contributed by atoms with van der Waals surface area (Å²) in [6, 6.07) is 0. The Kier molecular flexibility index (Phi) is 1.46. The van der Waals surface area contributed by atoms with Gasteiger partial charge >= 0.3 is 5.97 Å². The summed E-state index contributed by atoms with van der Waals surface area (Å²) in [6.07, 6.45) is 3.06. The number of rotatable bonds is 1. The van der Waals surface area contributed by atoms with E-state index < -0.39 is 5.97 Å². The van der Waals surface area contributed by atoms with Crippen LogP contribution in [0.25, 0.3) is 0 Å². The summed E-state index contributed by atoms with van der Waals surface area (Å²) in [4.78, 5) is 12.8. The second-order valence-electron chi connectivity index (χ2n) is 3.28. The monoisotopic (exact) mass is 153 g/mol. The molecule has 2 atom stereocenters. The third-order valence-electron chi connectivity index (χ3n) is 2.41. The van der Waals surface area contributed by atoms with Crippen molar-refractivity contribution in [3.8, 4) is 0 Å². The summed E-state index contributed by atoms with van der Waals surface area (Å²) >= 11 is 0. The second kappa shape index (κ2) is 2.34. The number of fused-ring (bicyclic) bond motifs is 2. The van der Waals surface area contributed by atoms with Crippen LogP contribution in [0.3, 0.4) is 0 Å². The Morgan fingerprint density at radius 2 is 2.55 bits per heavy atom. The number of aliphatic carboxylic acids is 1. The minimum atomic E-state index is -0.749. The highest BCUT2D eigenvalue weighted by molar-refractivity contribution is 5.87. The molecule has 0 radical (unpaired) electrons. The lowest BCUT2D eigenvalue weighted by molar-refractivity contribution is -0.133. The van der Waals surface area contributed by atoms with Crippen LogP contribution in [0.5, 0.6) is 0 Å². The lowest BCUT2D eigenvalue weighted by Crippen LogP contribution is -2.29.